The van der Waals surface area contributed by atoms with Gasteiger partial charge in [-0.15, -0.1) is 13.2 Å². The van der Waals surface area contributed by atoms with Gasteiger partial charge in [-0.05, 0) is 48.2 Å². The normalized spacial score (nSPS) is 10.6. The first-order valence-corrected chi connectivity index (χ1v) is 7.55. The molecule has 2 aromatic rings. The van der Waals surface area contributed by atoms with Crippen LogP contribution in [0.5, 0.6) is 5.75 Å². The van der Waals surface area contributed by atoms with Crippen molar-refractivity contribution in [1.29, 1.82) is 0 Å². The van der Waals surface area contributed by atoms with Crippen molar-refractivity contribution in [3.05, 3.63) is 48.2 Å². The van der Waals surface area contributed by atoms with Crippen molar-refractivity contribution >= 4 is 79.9 Å². The van der Waals surface area contributed by atoms with Gasteiger partial charge in [0, 0.05) is 11.9 Å². The number of anilines is 1. The molecule has 2 N–H and O–H groups in total. The summed E-state index contributed by atoms with van der Waals surface area (Å²) in [6.07, 6.45) is -3.40. The van der Waals surface area contributed by atoms with Gasteiger partial charge in [-0.3, -0.25) is 4.79 Å². The topological polar surface area (TPSA) is 88.5 Å². The number of thioether (sulfide) groups is 1. The Kier molecular flexibility index (Phi) is 9.06. The molecule has 0 saturated carbocycles. The van der Waals surface area contributed by atoms with E-state index in [9.17, 15) is 22.8 Å². The SMILES string of the molecule is O=C(CNc1ccc(OC(F)(F)F)cc1)Sc1ncccc1C(=O)O.[KH]. The van der Waals surface area contributed by atoms with E-state index in [-0.39, 0.29) is 74.3 Å². The van der Waals surface area contributed by atoms with Gasteiger partial charge in [0.1, 0.15) is 10.8 Å². The summed E-state index contributed by atoms with van der Waals surface area (Å²) in [6, 6.07) is 7.63. The fraction of sp³-hybridized carbons (Fsp3) is 0.133. The first-order valence-electron chi connectivity index (χ1n) is 6.73. The van der Waals surface area contributed by atoms with Gasteiger partial charge in [-0.25, -0.2) is 9.78 Å². The Bertz CT molecular complexity index is 772. The molecule has 1 heterocycles. The van der Waals surface area contributed by atoms with Crippen molar-refractivity contribution in [2.24, 2.45) is 0 Å². The number of carbonyl (C=O) groups excluding carboxylic acids is 1. The Balaban J connectivity index is 0.00000338. The Morgan fingerprint density at radius 3 is 2.42 bits per heavy atom. The van der Waals surface area contributed by atoms with Crippen molar-refractivity contribution in [2.75, 3.05) is 11.9 Å². The van der Waals surface area contributed by atoms with E-state index < -0.39 is 17.4 Å². The van der Waals surface area contributed by atoms with Gasteiger partial charge >= 0.3 is 63.7 Å². The molecule has 11 heteroatoms. The first kappa shape index (κ1) is 22.9. The van der Waals surface area contributed by atoms with E-state index in [2.05, 4.69) is 15.0 Å². The summed E-state index contributed by atoms with van der Waals surface area (Å²) in [6.45, 7) is -0.167. The predicted octanol–water partition coefficient (Wildman–Crippen LogP) is 2.76. The number of alkyl halides is 3. The molecule has 0 radical (unpaired) electrons. The zero-order valence-corrected chi connectivity index (χ0v) is 13.2. The van der Waals surface area contributed by atoms with Gasteiger partial charge in [0.2, 0.25) is 5.12 Å². The number of halogens is 3. The zero-order valence-electron chi connectivity index (χ0n) is 12.4. The minimum absolute atomic E-state index is 0. The molecule has 1 aromatic carbocycles. The summed E-state index contributed by atoms with van der Waals surface area (Å²) in [7, 11) is 0. The van der Waals surface area contributed by atoms with Crippen LogP contribution in [0.25, 0.3) is 0 Å². The quantitative estimate of drug-likeness (QED) is 0.557. The molecule has 6 nitrogen and oxygen atoms in total. The third-order valence-corrected chi connectivity index (χ3v) is 3.63. The summed E-state index contributed by atoms with van der Waals surface area (Å²) < 4.78 is 39.9. The third kappa shape index (κ3) is 7.64. The number of aromatic carboxylic acids is 1. The molecule has 26 heavy (non-hydrogen) atoms. The summed E-state index contributed by atoms with van der Waals surface area (Å²) in [5.74, 6) is -1.57. The number of ether oxygens (including phenoxy) is 1. The van der Waals surface area contributed by atoms with Crippen LogP contribution in [-0.4, -0.2) is 85.5 Å². The molecule has 134 valence electrons. The molecule has 0 bridgehead atoms. The van der Waals surface area contributed by atoms with Gasteiger partial charge in [0.15, 0.2) is 0 Å². The maximum absolute atomic E-state index is 12.1. The van der Waals surface area contributed by atoms with Gasteiger partial charge < -0.3 is 15.2 Å². The van der Waals surface area contributed by atoms with Crippen LogP contribution in [0.1, 0.15) is 10.4 Å². The van der Waals surface area contributed by atoms with Crippen LogP contribution in [0.2, 0.25) is 0 Å². The second kappa shape index (κ2) is 10.3. The third-order valence-electron chi connectivity index (χ3n) is 2.74. The summed E-state index contributed by atoms with van der Waals surface area (Å²) in [5, 5.41) is 11.4. The van der Waals surface area contributed by atoms with Crippen LogP contribution in [-0.2, 0) is 4.79 Å². The number of carboxylic acids is 1. The van der Waals surface area contributed by atoms with E-state index in [1.807, 2.05) is 0 Å². The molecule has 0 atom stereocenters. The Hall–Kier alpha value is -1.11. The van der Waals surface area contributed by atoms with E-state index in [1.54, 1.807) is 0 Å². The monoisotopic (exact) mass is 412 g/mol. The van der Waals surface area contributed by atoms with Gasteiger partial charge in [0.25, 0.3) is 0 Å². The van der Waals surface area contributed by atoms with Crippen LogP contribution in [0.15, 0.2) is 47.6 Å². The van der Waals surface area contributed by atoms with Crippen LogP contribution in [0, 0.1) is 0 Å². The van der Waals surface area contributed by atoms with Crippen molar-refractivity contribution in [2.45, 2.75) is 11.4 Å². The molecule has 0 saturated heterocycles. The number of carboxylic acid groups (broad SMARTS) is 1. The average Bonchev–Trinajstić information content (AvgIpc) is 2.53. The fourth-order valence-electron chi connectivity index (χ4n) is 1.73. The molecule has 0 aliphatic heterocycles. The second-order valence-electron chi connectivity index (χ2n) is 4.56. The number of hydrogen-bond donors (Lipinski definition) is 2. The van der Waals surface area contributed by atoms with Crippen LogP contribution < -0.4 is 10.1 Å². The Morgan fingerprint density at radius 2 is 1.85 bits per heavy atom. The number of nitrogens with one attached hydrogen (secondary N) is 1. The number of aromatic nitrogens is 1. The number of carbonyl (C=O) groups is 2. The van der Waals surface area contributed by atoms with Gasteiger partial charge in [0.05, 0.1) is 12.1 Å². The molecule has 0 aliphatic carbocycles. The number of benzene rings is 1. The molecule has 0 unspecified atom stereocenters. The summed E-state index contributed by atoms with van der Waals surface area (Å²) in [4.78, 5) is 26.8. The summed E-state index contributed by atoms with van der Waals surface area (Å²) >= 11 is 0.662. The van der Waals surface area contributed by atoms with Crippen molar-refractivity contribution < 1.29 is 32.6 Å². The van der Waals surface area contributed by atoms with Crippen molar-refractivity contribution in [1.82, 2.24) is 4.98 Å². The number of nitrogens with zero attached hydrogens (tertiary/aromatic N) is 1. The van der Waals surface area contributed by atoms with Crippen LogP contribution in [0.4, 0.5) is 18.9 Å². The molecule has 2 rings (SSSR count). The molecular formula is C15H12F3KN2O4S. The molecular weight excluding hydrogens is 400 g/mol. The zero-order chi connectivity index (χ0) is 18.4. The van der Waals surface area contributed by atoms with Crippen LogP contribution in [0.3, 0.4) is 0 Å². The van der Waals surface area contributed by atoms with Crippen LogP contribution >= 0.6 is 11.8 Å². The molecule has 1 aromatic heterocycles. The summed E-state index contributed by atoms with van der Waals surface area (Å²) in [5.41, 5.74) is 0.317. The van der Waals surface area contributed by atoms with E-state index in [0.717, 1.165) is 12.1 Å². The first-order chi connectivity index (χ1) is 11.7. The van der Waals surface area contributed by atoms with Gasteiger partial charge in [-0.1, -0.05) is 0 Å². The Labute approximate surface area is 192 Å². The van der Waals surface area contributed by atoms with E-state index in [1.165, 1.54) is 30.5 Å². The predicted molar refractivity (Wildman–Crippen MR) is 90.8 cm³/mol. The van der Waals surface area contributed by atoms with Crippen molar-refractivity contribution in [3.8, 4) is 5.75 Å². The average molecular weight is 412 g/mol. The van der Waals surface area contributed by atoms with E-state index in [4.69, 9.17) is 5.11 Å². The fourth-order valence-corrected chi connectivity index (χ4v) is 2.47. The second-order valence-corrected chi connectivity index (χ2v) is 5.61. The van der Waals surface area contributed by atoms with E-state index >= 15 is 0 Å². The maximum atomic E-state index is 12.1. The number of hydrogen-bond acceptors (Lipinski definition) is 6. The molecule has 0 amide bonds. The standard InChI is InChI=1S/C15H11F3N2O4S.K.H/c16-15(17,18)24-10-5-3-9(4-6-10)20-8-12(21)25-13-11(14(22)23)2-1-7-19-13;;/h1-7,20H,8H2,(H,22,23);;. The molecule has 0 fully saturated rings. The van der Waals surface area contributed by atoms with E-state index in [0.29, 0.717) is 17.4 Å². The van der Waals surface area contributed by atoms with Gasteiger partial charge in [-0.2, -0.15) is 0 Å². The number of rotatable bonds is 6. The molecule has 0 spiro atoms. The minimum atomic E-state index is -4.77. The molecule has 0 aliphatic rings. The van der Waals surface area contributed by atoms with Crippen molar-refractivity contribution in [3.63, 3.8) is 0 Å². The number of pyridine rings is 1. The Morgan fingerprint density at radius 1 is 1.19 bits per heavy atom.